The van der Waals surface area contributed by atoms with Crippen molar-refractivity contribution in [2.75, 3.05) is 49.0 Å². The molecule has 2 aliphatic heterocycles. The summed E-state index contributed by atoms with van der Waals surface area (Å²) in [6.07, 6.45) is 4.89. The highest BCUT2D eigenvalue weighted by molar-refractivity contribution is 7.90. The molecular formula is C19H22FN7O3S. The van der Waals surface area contributed by atoms with Crippen molar-refractivity contribution in [1.82, 2.24) is 23.9 Å². The Labute approximate surface area is 178 Å². The van der Waals surface area contributed by atoms with E-state index in [0.29, 0.717) is 43.6 Å². The van der Waals surface area contributed by atoms with E-state index in [4.69, 9.17) is 4.74 Å². The molecule has 2 fully saturated rings. The number of morpholine rings is 1. The second kappa shape index (κ2) is 8.02. The van der Waals surface area contributed by atoms with Crippen LogP contribution < -0.4 is 9.62 Å². The molecule has 2 saturated heterocycles. The topological polar surface area (TPSA) is 105 Å². The Hall–Kier alpha value is -2.83. The third kappa shape index (κ3) is 4.05. The summed E-state index contributed by atoms with van der Waals surface area (Å²) in [5.74, 6) is 0.503. The molecule has 0 saturated carbocycles. The Bertz CT molecular complexity index is 1200. The van der Waals surface area contributed by atoms with Crippen molar-refractivity contribution >= 4 is 27.5 Å². The van der Waals surface area contributed by atoms with Gasteiger partial charge in [0.25, 0.3) is 5.78 Å². The van der Waals surface area contributed by atoms with Gasteiger partial charge >= 0.3 is 10.2 Å². The molecule has 0 atom stereocenters. The number of nitrogens with zero attached hydrogens (tertiary/aromatic N) is 6. The number of hydrogen-bond donors (Lipinski definition) is 1. The Morgan fingerprint density at radius 2 is 1.87 bits per heavy atom. The average molecular weight is 447 g/mol. The van der Waals surface area contributed by atoms with Crippen molar-refractivity contribution < 1.29 is 17.5 Å². The molecule has 0 amide bonds. The SMILES string of the molecule is O=S(=O)(Nc1ccc(F)c(-c2cn3nc(N4CCOCC4)cnc3n2)c1)N1CCCC1. The monoisotopic (exact) mass is 447 g/mol. The van der Waals surface area contributed by atoms with E-state index >= 15 is 0 Å². The van der Waals surface area contributed by atoms with Crippen LogP contribution in [0.2, 0.25) is 0 Å². The molecule has 0 unspecified atom stereocenters. The molecule has 3 aromatic rings. The van der Waals surface area contributed by atoms with Crippen LogP contribution in [-0.4, -0.2) is 71.7 Å². The highest BCUT2D eigenvalue weighted by Gasteiger charge is 2.25. The number of nitrogens with one attached hydrogen (secondary N) is 1. The third-order valence-electron chi connectivity index (χ3n) is 5.40. The van der Waals surface area contributed by atoms with E-state index in [1.165, 1.54) is 27.0 Å². The molecule has 12 heteroatoms. The Morgan fingerprint density at radius 3 is 2.65 bits per heavy atom. The van der Waals surface area contributed by atoms with E-state index in [2.05, 4.69) is 24.7 Å². The van der Waals surface area contributed by atoms with Crippen LogP contribution in [-0.2, 0) is 14.9 Å². The van der Waals surface area contributed by atoms with Gasteiger partial charge in [0.1, 0.15) is 5.82 Å². The van der Waals surface area contributed by atoms with Gasteiger partial charge in [-0.15, -0.1) is 5.10 Å². The van der Waals surface area contributed by atoms with Gasteiger partial charge < -0.3 is 9.64 Å². The van der Waals surface area contributed by atoms with Gasteiger partial charge in [-0.25, -0.2) is 18.9 Å². The van der Waals surface area contributed by atoms with Gasteiger partial charge in [0, 0.05) is 31.7 Å². The number of ether oxygens (including phenoxy) is 1. The maximum atomic E-state index is 14.6. The van der Waals surface area contributed by atoms with E-state index < -0.39 is 16.0 Å². The molecule has 0 aliphatic carbocycles. The highest BCUT2D eigenvalue weighted by Crippen LogP contribution is 2.27. The summed E-state index contributed by atoms with van der Waals surface area (Å²) in [6, 6.07) is 4.06. The average Bonchev–Trinajstić information content (AvgIpc) is 3.45. The fourth-order valence-corrected chi connectivity index (χ4v) is 5.06. The van der Waals surface area contributed by atoms with Crippen molar-refractivity contribution in [2.24, 2.45) is 0 Å². The van der Waals surface area contributed by atoms with Crippen LogP contribution in [0.4, 0.5) is 15.9 Å². The lowest BCUT2D eigenvalue weighted by Crippen LogP contribution is -2.37. The number of hydrogen-bond acceptors (Lipinski definition) is 7. The molecule has 5 rings (SSSR count). The van der Waals surface area contributed by atoms with Gasteiger partial charge in [0.15, 0.2) is 5.82 Å². The summed E-state index contributed by atoms with van der Waals surface area (Å²) in [5, 5.41) is 4.53. The zero-order valence-electron chi connectivity index (χ0n) is 16.7. The van der Waals surface area contributed by atoms with Crippen LogP contribution in [0, 0.1) is 5.82 Å². The molecule has 2 aromatic heterocycles. The van der Waals surface area contributed by atoms with Crippen LogP contribution in [0.3, 0.4) is 0 Å². The first-order valence-electron chi connectivity index (χ1n) is 10.1. The van der Waals surface area contributed by atoms with Gasteiger partial charge in [0.2, 0.25) is 0 Å². The normalized spacial score (nSPS) is 18.0. The maximum absolute atomic E-state index is 14.6. The largest absolute Gasteiger partial charge is 0.378 e. The summed E-state index contributed by atoms with van der Waals surface area (Å²) in [4.78, 5) is 10.8. The molecule has 31 heavy (non-hydrogen) atoms. The molecule has 0 spiro atoms. The van der Waals surface area contributed by atoms with Crippen LogP contribution in [0.5, 0.6) is 0 Å². The molecule has 4 heterocycles. The Kier molecular flexibility index (Phi) is 5.20. The Morgan fingerprint density at radius 1 is 1.10 bits per heavy atom. The minimum absolute atomic E-state index is 0.168. The first-order valence-corrected chi connectivity index (χ1v) is 11.6. The van der Waals surface area contributed by atoms with Crippen LogP contribution in [0.1, 0.15) is 12.8 Å². The smallest absolute Gasteiger partial charge is 0.301 e. The quantitative estimate of drug-likeness (QED) is 0.632. The number of fused-ring (bicyclic) bond motifs is 1. The fourth-order valence-electron chi connectivity index (χ4n) is 3.77. The molecule has 10 nitrogen and oxygen atoms in total. The predicted octanol–water partition coefficient (Wildman–Crippen LogP) is 1.52. The molecular weight excluding hydrogens is 425 g/mol. The predicted molar refractivity (Wildman–Crippen MR) is 113 cm³/mol. The standard InChI is InChI=1S/C19H22FN7O3S/c20-16-4-3-14(24-31(28,29)26-5-1-2-6-26)11-15(16)17-13-27-19(22-17)21-12-18(23-27)25-7-9-30-10-8-25/h3-4,11-13,24H,1-2,5-10H2. The second-order valence-electron chi connectivity index (χ2n) is 7.49. The number of imidazole rings is 1. The van der Waals surface area contributed by atoms with Gasteiger partial charge in [-0.1, -0.05) is 0 Å². The Balaban J connectivity index is 1.44. The van der Waals surface area contributed by atoms with Crippen molar-refractivity contribution in [3.05, 3.63) is 36.4 Å². The lowest BCUT2D eigenvalue weighted by molar-refractivity contribution is 0.122. The van der Waals surface area contributed by atoms with E-state index in [0.717, 1.165) is 25.9 Å². The summed E-state index contributed by atoms with van der Waals surface area (Å²) in [6.45, 7) is 3.66. The minimum Gasteiger partial charge on any atom is -0.378 e. The number of aromatic nitrogens is 4. The minimum atomic E-state index is -3.67. The summed E-state index contributed by atoms with van der Waals surface area (Å²) in [7, 11) is -3.67. The van der Waals surface area contributed by atoms with Gasteiger partial charge in [0.05, 0.1) is 37.0 Å². The van der Waals surface area contributed by atoms with E-state index in [1.807, 2.05) is 0 Å². The first-order chi connectivity index (χ1) is 15.0. The van der Waals surface area contributed by atoms with E-state index in [1.54, 1.807) is 12.4 Å². The highest BCUT2D eigenvalue weighted by atomic mass is 32.2. The van der Waals surface area contributed by atoms with Crippen molar-refractivity contribution in [3.8, 4) is 11.3 Å². The molecule has 1 aromatic carbocycles. The van der Waals surface area contributed by atoms with Crippen molar-refractivity contribution in [2.45, 2.75) is 12.8 Å². The molecule has 164 valence electrons. The third-order valence-corrected chi connectivity index (χ3v) is 6.94. The lowest BCUT2D eigenvalue weighted by Gasteiger charge is -2.27. The number of benzene rings is 1. The second-order valence-corrected chi connectivity index (χ2v) is 9.17. The summed E-state index contributed by atoms with van der Waals surface area (Å²) < 4.78 is 50.4. The van der Waals surface area contributed by atoms with Crippen LogP contribution in [0.25, 0.3) is 17.0 Å². The van der Waals surface area contributed by atoms with Crippen LogP contribution >= 0.6 is 0 Å². The van der Waals surface area contributed by atoms with Gasteiger partial charge in [-0.2, -0.15) is 12.7 Å². The molecule has 0 bridgehead atoms. The zero-order valence-corrected chi connectivity index (χ0v) is 17.6. The number of rotatable bonds is 5. The van der Waals surface area contributed by atoms with E-state index in [9.17, 15) is 12.8 Å². The fraction of sp³-hybridized carbons (Fsp3) is 0.421. The summed E-state index contributed by atoms with van der Waals surface area (Å²) >= 11 is 0. The maximum Gasteiger partial charge on any atom is 0.301 e. The van der Waals surface area contributed by atoms with Crippen molar-refractivity contribution in [1.29, 1.82) is 0 Å². The molecule has 1 N–H and O–H groups in total. The summed E-state index contributed by atoms with van der Waals surface area (Å²) in [5.41, 5.74) is 0.760. The van der Waals surface area contributed by atoms with Crippen LogP contribution in [0.15, 0.2) is 30.6 Å². The van der Waals surface area contributed by atoms with Crippen molar-refractivity contribution in [3.63, 3.8) is 0 Å². The lowest BCUT2D eigenvalue weighted by atomic mass is 10.1. The zero-order chi connectivity index (χ0) is 21.4. The first kappa shape index (κ1) is 20.1. The van der Waals surface area contributed by atoms with Gasteiger partial charge in [-0.3, -0.25) is 4.72 Å². The molecule has 0 radical (unpaired) electrons. The number of halogens is 1. The van der Waals surface area contributed by atoms with Gasteiger partial charge in [-0.05, 0) is 31.0 Å². The number of anilines is 2. The van der Waals surface area contributed by atoms with E-state index in [-0.39, 0.29) is 11.3 Å². The molecule has 2 aliphatic rings.